The zero-order valence-electron chi connectivity index (χ0n) is 31.0. The molecule has 0 spiro atoms. The number of esters is 2. The molecule has 0 fully saturated rings. The first-order valence-electron chi connectivity index (χ1n) is 16.6. The number of rotatable bonds is 6. The molecule has 0 radical (unpaired) electrons. The van der Waals surface area contributed by atoms with E-state index in [4.69, 9.17) is 19.5 Å². The van der Waals surface area contributed by atoms with Gasteiger partial charge in [-0.05, 0) is 112 Å². The smallest absolute Gasteiger partial charge is 0.423 e. The maximum Gasteiger partial charge on any atom is 0.423 e. The van der Waals surface area contributed by atoms with Crippen molar-refractivity contribution in [1.29, 1.82) is 10.5 Å². The van der Waals surface area contributed by atoms with Crippen LogP contribution < -0.4 is 11.4 Å². The van der Waals surface area contributed by atoms with Crippen LogP contribution in [-0.2, 0) is 23.8 Å². The van der Waals surface area contributed by atoms with E-state index in [0.29, 0.717) is 28.6 Å². The van der Waals surface area contributed by atoms with Gasteiger partial charge >= 0.3 is 29.4 Å². The van der Waals surface area contributed by atoms with Crippen LogP contribution >= 0.6 is 0 Å². The maximum absolute atomic E-state index is 13.2. The van der Waals surface area contributed by atoms with Crippen molar-refractivity contribution in [1.82, 2.24) is 18.7 Å². The van der Waals surface area contributed by atoms with Gasteiger partial charge in [-0.1, -0.05) is 13.8 Å². The van der Waals surface area contributed by atoms with Crippen molar-refractivity contribution < 1.29 is 28.6 Å². The number of H-pyrrole nitrogens is 1. The van der Waals surface area contributed by atoms with Gasteiger partial charge in [-0.2, -0.15) is 15.1 Å². The molecule has 0 amide bonds. The number of nitrogens with zero attached hydrogens (tertiary/aromatic N) is 5. The van der Waals surface area contributed by atoms with Crippen molar-refractivity contribution in [3.63, 3.8) is 0 Å². The Morgan fingerprint density at radius 2 is 1.14 bits per heavy atom. The van der Waals surface area contributed by atoms with Gasteiger partial charge in [0.05, 0.1) is 45.3 Å². The fraction of sp³-hybridized carbons (Fsp3) is 0.486. The number of hydrogen-bond acceptors (Lipinski definition) is 10. The fourth-order valence-electron chi connectivity index (χ4n) is 5.22. The lowest BCUT2D eigenvalue weighted by Gasteiger charge is -2.24. The van der Waals surface area contributed by atoms with Crippen LogP contribution in [0.3, 0.4) is 0 Å². The van der Waals surface area contributed by atoms with Gasteiger partial charge in [0, 0.05) is 0 Å². The number of nitriles is 2. The van der Waals surface area contributed by atoms with Crippen LogP contribution in [0.5, 0.6) is 0 Å². The second kappa shape index (κ2) is 15.1. The van der Waals surface area contributed by atoms with E-state index >= 15 is 0 Å². The Balaban J connectivity index is 0.000000286. The highest BCUT2D eigenvalue weighted by molar-refractivity contribution is 5.89. The zero-order chi connectivity index (χ0) is 38.6. The average Bonchev–Trinajstić information content (AvgIpc) is 3.47. The van der Waals surface area contributed by atoms with Crippen molar-refractivity contribution in [2.75, 3.05) is 0 Å². The van der Waals surface area contributed by atoms with Gasteiger partial charge in [-0.15, -0.1) is 0 Å². The molecular weight excluding hydrogens is 656 g/mol. The second-order valence-electron chi connectivity index (χ2n) is 14.8. The van der Waals surface area contributed by atoms with Crippen LogP contribution in [0, 0.1) is 22.7 Å². The van der Waals surface area contributed by atoms with E-state index in [1.807, 2.05) is 19.1 Å². The molecule has 2 aromatic heterocycles. The monoisotopic (exact) mass is 702 g/mol. The molecule has 14 nitrogen and oxygen atoms in total. The zero-order valence-corrected chi connectivity index (χ0v) is 31.0. The predicted octanol–water partition coefficient (Wildman–Crippen LogP) is 6.24. The maximum atomic E-state index is 13.2. The van der Waals surface area contributed by atoms with E-state index < -0.39 is 52.6 Å². The molecule has 4 rings (SSSR count). The summed E-state index contributed by atoms with van der Waals surface area (Å²) in [6, 6.07) is 11.7. The molecule has 0 bridgehead atoms. The van der Waals surface area contributed by atoms with E-state index in [9.17, 15) is 29.2 Å². The number of aromatic nitrogens is 4. The lowest BCUT2D eigenvalue weighted by molar-refractivity contribution is -0.160. The minimum absolute atomic E-state index is 0.255. The summed E-state index contributed by atoms with van der Waals surface area (Å²) in [7, 11) is 0. The second-order valence-corrected chi connectivity index (χ2v) is 14.8. The van der Waals surface area contributed by atoms with Crippen LogP contribution in [0.1, 0.15) is 112 Å². The third-order valence-electron chi connectivity index (χ3n) is 7.18. The normalized spacial score (nSPS) is 13.0. The van der Waals surface area contributed by atoms with Gasteiger partial charge in [-0.3, -0.25) is 9.13 Å². The lowest BCUT2D eigenvalue weighted by Crippen LogP contribution is -2.38. The SMILES string of the molecule is CCC(C(=O)OC(C)(C)C)n1c(=O)[nH]c2ccc(C#N)cc21.CCC(C(=O)OC(C)(C)C)n1c(=O)n(C(=O)OC(C)(C)C)c2ccc(C#N)cc21. The highest BCUT2D eigenvalue weighted by atomic mass is 16.6. The van der Waals surface area contributed by atoms with Crippen LogP contribution in [-0.4, -0.2) is 53.5 Å². The quantitative estimate of drug-likeness (QED) is 0.178. The molecule has 51 heavy (non-hydrogen) atoms. The highest BCUT2D eigenvalue weighted by Gasteiger charge is 2.32. The number of nitrogens with one attached hydrogen (secondary N) is 1. The Kier molecular flexibility index (Phi) is 11.8. The average molecular weight is 703 g/mol. The first-order valence-corrected chi connectivity index (χ1v) is 16.6. The minimum Gasteiger partial charge on any atom is -0.458 e. The molecule has 0 saturated heterocycles. The van der Waals surface area contributed by atoms with E-state index in [1.54, 1.807) is 87.4 Å². The molecule has 0 saturated carbocycles. The van der Waals surface area contributed by atoms with Crippen LogP contribution in [0.4, 0.5) is 4.79 Å². The van der Waals surface area contributed by atoms with Crippen LogP contribution in [0.2, 0.25) is 0 Å². The predicted molar refractivity (Wildman–Crippen MR) is 190 cm³/mol. The van der Waals surface area contributed by atoms with Gasteiger partial charge in [-0.25, -0.2) is 24.0 Å². The number of carbonyl (C=O) groups excluding carboxylic acids is 3. The van der Waals surface area contributed by atoms with Gasteiger partial charge in [0.25, 0.3) is 0 Å². The molecule has 1 N–H and O–H groups in total. The van der Waals surface area contributed by atoms with E-state index in [1.165, 1.54) is 27.3 Å². The number of hydrogen-bond donors (Lipinski definition) is 1. The Morgan fingerprint density at radius 3 is 1.59 bits per heavy atom. The van der Waals surface area contributed by atoms with Gasteiger partial charge < -0.3 is 19.2 Å². The van der Waals surface area contributed by atoms with Gasteiger partial charge in [0.1, 0.15) is 28.9 Å². The summed E-state index contributed by atoms with van der Waals surface area (Å²) in [5.74, 6) is -1.05. The largest absolute Gasteiger partial charge is 0.458 e. The fourth-order valence-corrected chi connectivity index (χ4v) is 5.22. The van der Waals surface area contributed by atoms with Gasteiger partial charge in [0.2, 0.25) is 0 Å². The summed E-state index contributed by atoms with van der Waals surface area (Å²) >= 11 is 0. The van der Waals surface area contributed by atoms with E-state index in [-0.39, 0.29) is 23.1 Å². The minimum atomic E-state index is -0.957. The third-order valence-corrected chi connectivity index (χ3v) is 7.18. The third kappa shape index (κ3) is 9.54. The van der Waals surface area contributed by atoms with Gasteiger partial charge in [0.15, 0.2) is 0 Å². The molecule has 0 aliphatic carbocycles. The molecular formula is C37H46N6O8. The number of imidazole rings is 2. The Morgan fingerprint density at radius 1 is 0.686 bits per heavy atom. The summed E-state index contributed by atoms with van der Waals surface area (Å²) < 4.78 is 19.7. The molecule has 0 aliphatic heterocycles. The van der Waals surface area contributed by atoms with E-state index in [2.05, 4.69) is 4.98 Å². The molecule has 4 aromatic rings. The molecule has 2 aromatic carbocycles. The number of benzene rings is 2. The molecule has 2 heterocycles. The summed E-state index contributed by atoms with van der Waals surface area (Å²) in [6.07, 6.45) is -0.174. The standard InChI is InChI=1S/C21H27N3O5.C16H19N3O3/c1-8-14(17(25)28-20(2,3)4)23-16-11-13(12-22)9-10-15(16)24(18(23)26)19(27)29-21(5,6)7;1-5-12(14(20)22-16(2,3)4)19-13-8-10(9-17)6-7-11(13)18-15(19)21/h9-11,14H,8H2,1-7H3;6-8,12H,5H2,1-4H3,(H,18,21). The summed E-state index contributed by atoms with van der Waals surface area (Å²) in [6.45, 7) is 19.2. The number of aromatic amines is 1. The summed E-state index contributed by atoms with van der Waals surface area (Å²) in [5, 5.41) is 18.3. The first kappa shape index (κ1) is 39.8. The van der Waals surface area contributed by atoms with Crippen molar-refractivity contribution in [2.24, 2.45) is 0 Å². The number of ether oxygens (including phenoxy) is 3. The Bertz CT molecular complexity index is 2150. The summed E-state index contributed by atoms with van der Waals surface area (Å²) in [4.78, 5) is 66.0. The molecule has 0 aliphatic rings. The molecule has 2 unspecified atom stereocenters. The molecule has 2 atom stereocenters. The first-order chi connectivity index (χ1) is 23.5. The summed E-state index contributed by atoms with van der Waals surface area (Å²) in [5.41, 5.74) is -0.896. The van der Waals surface area contributed by atoms with Crippen LogP contribution in [0.15, 0.2) is 46.0 Å². The van der Waals surface area contributed by atoms with Crippen LogP contribution in [0.25, 0.3) is 22.1 Å². The van der Waals surface area contributed by atoms with E-state index in [0.717, 1.165) is 4.57 Å². The van der Waals surface area contributed by atoms with Crippen molar-refractivity contribution in [2.45, 2.75) is 118 Å². The topological polar surface area (TPSA) is 191 Å². The highest BCUT2D eigenvalue weighted by Crippen LogP contribution is 2.25. The van der Waals surface area contributed by atoms with Crippen molar-refractivity contribution >= 4 is 40.1 Å². The molecule has 272 valence electrons. The Labute approximate surface area is 296 Å². The molecule has 14 heteroatoms. The lowest BCUT2D eigenvalue weighted by atomic mass is 10.1. The number of fused-ring (bicyclic) bond motifs is 2. The van der Waals surface area contributed by atoms with Crippen molar-refractivity contribution in [3.8, 4) is 12.1 Å². The Hall–Kier alpha value is -5.63. The number of carbonyl (C=O) groups is 3. The van der Waals surface area contributed by atoms with Crippen molar-refractivity contribution in [3.05, 3.63) is 68.5 Å².